The van der Waals surface area contributed by atoms with Crippen molar-refractivity contribution in [2.45, 2.75) is 13.8 Å². The summed E-state index contributed by atoms with van der Waals surface area (Å²) in [6, 6.07) is 3.91. The van der Waals surface area contributed by atoms with Crippen molar-refractivity contribution in [3.8, 4) is 22.8 Å². The molecule has 0 spiro atoms. The lowest BCUT2D eigenvalue weighted by atomic mass is 10.1. The molecule has 1 aromatic carbocycles. The number of aryl methyl sites for hydroxylation is 2. The van der Waals surface area contributed by atoms with E-state index >= 15 is 0 Å². The SMILES string of the molecule is CNc1nc(-c2cc(OC)c(C)cc2OC)c(C)[nH]1. The molecule has 0 atom stereocenters. The lowest BCUT2D eigenvalue weighted by Gasteiger charge is -2.12. The van der Waals surface area contributed by atoms with Gasteiger partial charge in [-0.2, -0.15) is 0 Å². The molecule has 0 radical (unpaired) electrons. The van der Waals surface area contributed by atoms with Crippen LogP contribution in [0.3, 0.4) is 0 Å². The Morgan fingerprint density at radius 3 is 2.32 bits per heavy atom. The molecule has 0 bridgehead atoms. The van der Waals surface area contributed by atoms with E-state index in [4.69, 9.17) is 9.47 Å². The van der Waals surface area contributed by atoms with Crippen LogP contribution in [0.4, 0.5) is 5.95 Å². The molecule has 102 valence electrons. The first-order chi connectivity index (χ1) is 9.10. The highest BCUT2D eigenvalue weighted by molar-refractivity contribution is 5.73. The maximum absolute atomic E-state index is 5.45. The van der Waals surface area contributed by atoms with Gasteiger partial charge in [0, 0.05) is 18.3 Å². The zero-order chi connectivity index (χ0) is 14.0. The van der Waals surface area contributed by atoms with Gasteiger partial charge in [-0.15, -0.1) is 0 Å². The second kappa shape index (κ2) is 5.22. The molecule has 1 heterocycles. The monoisotopic (exact) mass is 261 g/mol. The number of aromatic nitrogens is 2. The molecule has 0 aliphatic carbocycles. The fourth-order valence-electron chi connectivity index (χ4n) is 2.08. The van der Waals surface area contributed by atoms with Gasteiger partial charge < -0.3 is 19.8 Å². The van der Waals surface area contributed by atoms with E-state index < -0.39 is 0 Å². The standard InChI is InChI=1S/C14H19N3O2/c1-8-6-12(19-5)10(7-11(8)18-4)13-9(2)16-14(15-3)17-13/h6-7H,1-5H3,(H2,15,16,17). The smallest absolute Gasteiger partial charge is 0.200 e. The number of hydrogen-bond acceptors (Lipinski definition) is 4. The number of H-pyrrole nitrogens is 1. The molecule has 2 rings (SSSR count). The van der Waals surface area contributed by atoms with Crippen molar-refractivity contribution in [3.63, 3.8) is 0 Å². The van der Waals surface area contributed by atoms with Gasteiger partial charge in [-0.1, -0.05) is 0 Å². The molecule has 0 fully saturated rings. The number of imidazole rings is 1. The molecule has 5 heteroatoms. The Morgan fingerprint density at radius 1 is 1.11 bits per heavy atom. The summed E-state index contributed by atoms with van der Waals surface area (Å²) < 4.78 is 10.8. The maximum Gasteiger partial charge on any atom is 0.200 e. The number of anilines is 1. The molecule has 5 nitrogen and oxygen atoms in total. The Balaban J connectivity index is 2.62. The van der Waals surface area contributed by atoms with E-state index in [9.17, 15) is 0 Å². The van der Waals surface area contributed by atoms with E-state index in [-0.39, 0.29) is 0 Å². The minimum absolute atomic E-state index is 0.731. The average Bonchev–Trinajstić information content (AvgIpc) is 2.79. The lowest BCUT2D eigenvalue weighted by Crippen LogP contribution is -1.94. The van der Waals surface area contributed by atoms with Crippen LogP contribution in [0.15, 0.2) is 12.1 Å². The highest BCUT2D eigenvalue weighted by Gasteiger charge is 2.15. The van der Waals surface area contributed by atoms with E-state index in [2.05, 4.69) is 15.3 Å². The zero-order valence-corrected chi connectivity index (χ0v) is 11.9. The van der Waals surface area contributed by atoms with Crippen LogP contribution >= 0.6 is 0 Å². The van der Waals surface area contributed by atoms with Gasteiger partial charge in [0.2, 0.25) is 5.95 Å². The molecule has 0 saturated carbocycles. The van der Waals surface area contributed by atoms with Crippen molar-refractivity contribution < 1.29 is 9.47 Å². The molecule has 0 saturated heterocycles. The molecule has 0 aliphatic rings. The van der Waals surface area contributed by atoms with Crippen molar-refractivity contribution in [1.82, 2.24) is 9.97 Å². The van der Waals surface area contributed by atoms with Crippen molar-refractivity contribution in [2.24, 2.45) is 0 Å². The summed E-state index contributed by atoms with van der Waals surface area (Å²) in [5.41, 5.74) is 3.79. The highest BCUT2D eigenvalue weighted by Crippen LogP contribution is 2.36. The number of hydrogen-bond donors (Lipinski definition) is 2. The van der Waals surface area contributed by atoms with E-state index in [1.165, 1.54) is 0 Å². The second-order valence-corrected chi connectivity index (χ2v) is 4.33. The third kappa shape index (κ3) is 2.36. The molecule has 19 heavy (non-hydrogen) atoms. The van der Waals surface area contributed by atoms with Crippen LogP contribution in [0.5, 0.6) is 11.5 Å². The summed E-state index contributed by atoms with van der Waals surface area (Å²) >= 11 is 0. The van der Waals surface area contributed by atoms with Crippen LogP contribution in [-0.4, -0.2) is 31.2 Å². The first kappa shape index (κ1) is 13.3. The number of methoxy groups -OCH3 is 2. The molecule has 1 aromatic heterocycles. The summed E-state index contributed by atoms with van der Waals surface area (Å²) in [5, 5.41) is 3.00. The Kier molecular flexibility index (Phi) is 3.64. The van der Waals surface area contributed by atoms with Gasteiger partial charge in [0.25, 0.3) is 0 Å². The van der Waals surface area contributed by atoms with E-state index in [0.717, 1.165) is 40.0 Å². The largest absolute Gasteiger partial charge is 0.496 e. The van der Waals surface area contributed by atoms with E-state index in [1.807, 2.05) is 33.0 Å². The fourth-order valence-corrected chi connectivity index (χ4v) is 2.08. The number of nitrogens with one attached hydrogen (secondary N) is 2. The van der Waals surface area contributed by atoms with Crippen molar-refractivity contribution in [2.75, 3.05) is 26.6 Å². The molecular formula is C14H19N3O2. The maximum atomic E-state index is 5.45. The van der Waals surface area contributed by atoms with Gasteiger partial charge in [0.15, 0.2) is 0 Å². The van der Waals surface area contributed by atoms with Crippen LogP contribution in [0.2, 0.25) is 0 Å². The Labute approximate surface area is 113 Å². The van der Waals surface area contributed by atoms with Crippen molar-refractivity contribution in [3.05, 3.63) is 23.4 Å². The number of rotatable bonds is 4. The van der Waals surface area contributed by atoms with Gasteiger partial charge >= 0.3 is 0 Å². The van der Waals surface area contributed by atoms with E-state index in [0.29, 0.717) is 0 Å². The highest BCUT2D eigenvalue weighted by atomic mass is 16.5. The summed E-state index contributed by atoms with van der Waals surface area (Å²) in [6.07, 6.45) is 0. The summed E-state index contributed by atoms with van der Waals surface area (Å²) in [7, 11) is 5.15. The number of ether oxygens (including phenoxy) is 2. The zero-order valence-electron chi connectivity index (χ0n) is 11.9. The third-order valence-electron chi connectivity index (χ3n) is 3.09. The predicted octanol–water partition coefficient (Wildman–Crippen LogP) is 2.75. The molecule has 2 aromatic rings. The number of nitrogens with zero attached hydrogens (tertiary/aromatic N) is 1. The van der Waals surface area contributed by atoms with Crippen LogP contribution in [-0.2, 0) is 0 Å². The normalized spacial score (nSPS) is 10.4. The minimum atomic E-state index is 0.731. The minimum Gasteiger partial charge on any atom is -0.496 e. The Hall–Kier alpha value is -2.17. The Morgan fingerprint density at radius 2 is 1.79 bits per heavy atom. The van der Waals surface area contributed by atoms with Crippen molar-refractivity contribution >= 4 is 5.95 Å². The quantitative estimate of drug-likeness (QED) is 0.888. The van der Waals surface area contributed by atoms with Crippen LogP contribution < -0.4 is 14.8 Å². The molecular weight excluding hydrogens is 242 g/mol. The third-order valence-corrected chi connectivity index (χ3v) is 3.09. The number of aromatic amines is 1. The lowest BCUT2D eigenvalue weighted by molar-refractivity contribution is 0.401. The topological polar surface area (TPSA) is 59.2 Å². The van der Waals surface area contributed by atoms with Gasteiger partial charge in [0.05, 0.1) is 19.9 Å². The molecule has 2 N–H and O–H groups in total. The fraction of sp³-hybridized carbons (Fsp3) is 0.357. The van der Waals surface area contributed by atoms with Gasteiger partial charge in [-0.3, -0.25) is 0 Å². The van der Waals surface area contributed by atoms with Gasteiger partial charge in [-0.05, 0) is 31.5 Å². The Bertz CT molecular complexity index is 591. The van der Waals surface area contributed by atoms with Gasteiger partial charge in [-0.25, -0.2) is 4.98 Å². The summed E-state index contributed by atoms with van der Waals surface area (Å²) in [6.45, 7) is 3.97. The molecule has 0 unspecified atom stereocenters. The molecule has 0 amide bonds. The molecule has 0 aliphatic heterocycles. The van der Waals surface area contributed by atoms with Crippen LogP contribution in [0, 0.1) is 13.8 Å². The van der Waals surface area contributed by atoms with E-state index in [1.54, 1.807) is 14.2 Å². The summed E-state index contributed by atoms with van der Waals surface area (Å²) in [4.78, 5) is 7.69. The second-order valence-electron chi connectivity index (χ2n) is 4.33. The van der Waals surface area contributed by atoms with Crippen LogP contribution in [0.25, 0.3) is 11.3 Å². The first-order valence-corrected chi connectivity index (χ1v) is 6.08. The summed E-state index contributed by atoms with van der Waals surface area (Å²) in [5.74, 6) is 2.34. The van der Waals surface area contributed by atoms with Gasteiger partial charge in [0.1, 0.15) is 11.5 Å². The number of benzene rings is 1. The van der Waals surface area contributed by atoms with Crippen LogP contribution in [0.1, 0.15) is 11.3 Å². The predicted molar refractivity (Wildman–Crippen MR) is 76.1 cm³/mol. The first-order valence-electron chi connectivity index (χ1n) is 6.08. The average molecular weight is 261 g/mol. The van der Waals surface area contributed by atoms with Crippen molar-refractivity contribution in [1.29, 1.82) is 0 Å².